The summed E-state index contributed by atoms with van der Waals surface area (Å²) in [5.41, 5.74) is 6.47. The summed E-state index contributed by atoms with van der Waals surface area (Å²) in [7, 11) is 0. The van der Waals surface area contributed by atoms with Gasteiger partial charge >= 0.3 is 0 Å². The van der Waals surface area contributed by atoms with Gasteiger partial charge < -0.3 is 11.1 Å². The molecule has 0 aliphatic carbocycles. The molecule has 0 spiro atoms. The molecule has 1 aromatic carbocycles. The number of primary amides is 1. The maximum Gasteiger partial charge on any atom is 0.252 e. The Kier molecular flexibility index (Phi) is 5.75. The van der Waals surface area contributed by atoms with Crippen molar-refractivity contribution in [1.29, 1.82) is 0 Å². The molecule has 0 unspecified atom stereocenters. The lowest BCUT2D eigenvalue weighted by Gasteiger charge is -2.15. The molecule has 4 nitrogen and oxygen atoms in total. The highest BCUT2D eigenvalue weighted by atomic mass is 79.9. The third-order valence-corrected chi connectivity index (χ3v) is 3.24. The molecule has 19 heavy (non-hydrogen) atoms. The molecule has 0 radical (unpaired) electrons. The normalized spacial score (nSPS) is 11.7. The highest BCUT2D eigenvalue weighted by molar-refractivity contribution is 9.11. The second-order valence-corrected chi connectivity index (χ2v) is 6.08. The Morgan fingerprint density at radius 2 is 1.84 bits per heavy atom. The lowest BCUT2D eigenvalue weighted by molar-refractivity contribution is -0.119. The first kappa shape index (κ1) is 15.9. The average molecular weight is 390 g/mol. The molecular weight excluding hydrogens is 376 g/mol. The van der Waals surface area contributed by atoms with Crippen molar-refractivity contribution in [2.45, 2.75) is 19.4 Å². The van der Waals surface area contributed by atoms with Crippen LogP contribution in [0.15, 0.2) is 39.3 Å². The molecule has 1 atom stereocenters. The average Bonchev–Trinajstić information content (AvgIpc) is 2.25. The fraction of sp³-hybridized carbons (Fsp3) is 0.231. The topological polar surface area (TPSA) is 72.2 Å². The Bertz CT molecular complexity index is 509. The van der Waals surface area contributed by atoms with E-state index in [1.807, 2.05) is 6.07 Å². The molecule has 0 heterocycles. The lowest BCUT2D eigenvalue weighted by Crippen LogP contribution is -2.44. The molecule has 0 aliphatic rings. The first-order valence-electron chi connectivity index (χ1n) is 5.50. The lowest BCUT2D eigenvalue weighted by atomic mass is 10.1. The number of hydrogen-bond donors (Lipinski definition) is 2. The van der Waals surface area contributed by atoms with E-state index in [1.54, 1.807) is 19.1 Å². The van der Waals surface area contributed by atoms with Crippen molar-refractivity contribution < 1.29 is 9.59 Å². The summed E-state index contributed by atoms with van der Waals surface area (Å²) >= 11 is 6.60. The van der Waals surface area contributed by atoms with Crippen LogP contribution in [-0.4, -0.2) is 17.9 Å². The predicted octanol–water partition coefficient (Wildman–Crippen LogP) is 2.76. The van der Waals surface area contributed by atoms with Crippen LogP contribution < -0.4 is 11.1 Å². The monoisotopic (exact) mass is 388 g/mol. The fourth-order valence-corrected chi connectivity index (χ4v) is 2.79. The van der Waals surface area contributed by atoms with Crippen LogP contribution >= 0.6 is 31.9 Å². The molecule has 0 fully saturated rings. The highest BCUT2D eigenvalue weighted by Gasteiger charge is 2.19. The smallest absolute Gasteiger partial charge is 0.252 e. The maximum atomic E-state index is 12.1. The van der Waals surface area contributed by atoms with Crippen molar-refractivity contribution in [2.24, 2.45) is 5.73 Å². The number of halogens is 2. The maximum absolute atomic E-state index is 12.1. The molecule has 2 amide bonds. The molecule has 102 valence electrons. The zero-order valence-electron chi connectivity index (χ0n) is 10.4. The van der Waals surface area contributed by atoms with E-state index in [2.05, 4.69) is 43.8 Å². The van der Waals surface area contributed by atoms with Crippen LogP contribution in [0.25, 0.3) is 0 Å². The summed E-state index contributed by atoms with van der Waals surface area (Å²) in [5.74, 6) is -0.933. The van der Waals surface area contributed by atoms with Gasteiger partial charge in [0.05, 0.1) is 0 Å². The van der Waals surface area contributed by atoms with Gasteiger partial charge in [-0.25, -0.2) is 0 Å². The van der Waals surface area contributed by atoms with Crippen molar-refractivity contribution in [3.63, 3.8) is 0 Å². The number of benzene rings is 1. The Labute approximate surface area is 128 Å². The van der Waals surface area contributed by atoms with Gasteiger partial charge in [-0.15, -0.1) is 6.58 Å². The van der Waals surface area contributed by atoms with E-state index in [-0.39, 0.29) is 5.91 Å². The number of hydrogen-bond acceptors (Lipinski definition) is 2. The summed E-state index contributed by atoms with van der Waals surface area (Å²) in [6.45, 7) is 5.49. The van der Waals surface area contributed by atoms with Crippen molar-refractivity contribution in [1.82, 2.24) is 5.32 Å². The van der Waals surface area contributed by atoms with Crippen LogP contribution in [0.1, 0.15) is 23.7 Å². The summed E-state index contributed by atoms with van der Waals surface area (Å²) in [4.78, 5) is 23.3. The van der Waals surface area contributed by atoms with Crippen LogP contribution in [-0.2, 0) is 4.79 Å². The zero-order chi connectivity index (χ0) is 14.6. The van der Waals surface area contributed by atoms with Gasteiger partial charge in [-0.3, -0.25) is 9.59 Å². The van der Waals surface area contributed by atoms with E-state index < -0.39 is 11.9 Å². The number of carbonyl (C=O) groups excluding carboxylic acids is 2. The van der Waals surface area contributed by atoms with Crippen LogP contribution in [0.5, 0.6) is 0 Å². The number of amides is 2. The summed E-state index contributed by atoms with van der Waals surface area (Å²) in [5, 5.41) is 2.60. The SMILES string of the molecule is C=C(C)C[C@@H](NC(=O)c1cc(Br)cc(Br)c1)C(N)=O. The molecular formula is C13H14Br2N2O2. The van der Waals surface area contributed by atoms with E-state index in [1.165, 1.54) is 0 Å². The Hall–Kier alpha value is -1.14. The Morgan fingerprint density at radius 1 is 1.32 bits per heavy atom. The molecule has 1 rings (SSSR count). The van der Waals surface area contributed by atoms with Gasteiger partial charge in [-0.05, 0) is 31.5 Å². The number of nitrogens with one attached hydrogen (secondary N) is 1. The van der Waals surface area contributed by atoms with Crippen molar-refractivity contribution in [2.75, 3.05) is 0 Å². The molecule has 0 aromatic heterocycles. The molecule has 0 bridgehead atoms. The third-order valence-electron chi connectivity index (χ3n) is 2.33. The first-order valence-corrected chi connectivity index (χ1v) is 7.09. The molecule has 3 N–H and O–H groups in total. The fourth-order valence-electron chi connectivity index (χ4n) is 1.50. The van der Waals surface area contributed by atoms with Crippen molar-refractivity contribution in [3.8, 4) is 0 Å². The van der Waals surface area contributed by atoms with Crippen molar-refractivity contribution >= 4 is 43.7 Å². The van der Waals surface area contributed by atoms with Gasteiger partial charge in [0, 0.05) is 14.5 Å². The number of rotatable bonds is 5. The van der Waals surface area contributed by atoms with Gasteiger partial charge in [0.15, 0.2) is 0 Å². The van der Waals surface area contributed by atoms with E-state index >= 15 is 0 Å². The minimum Gasteiger partial charge on any atom is -0.368 e. The van der Waals surface area contributed by atoms with E-state index in [4.69, 9.17) is 5.73 Å². The standard InChI is InChI=1S/C13H14Br2N2O2/c1-7(2)3-11(12(16)18)17-13(19)8-4-9(14)6-10(15)5-8/h4-6,11H,1,3H2,2H3,(H2,16,18)(H,17,19)/t11-/m1/s1. The van der Waals surface area contributed by atoms with Crippen LogP contribution in [0, 0.1) is 0 Å². The first-order chi connectivity index (χ1) is 8.79. The van der Waals surface area contributed by atoms with Gasteiger partial charge in [-0.1, -0.05) is 37.4 Å². The van der Waals surface area contributed by atoms with Crippen LogP contribution in [0.3, 0.4) is 0 Å². The van der Waals surface area contributed by atoms with Crippen LogP contribution in [0.4, 0.5) is 0 Å². The quantitative estimate of drug-likeness (QED) is 0.760. The van der Waals surface area contributed by atoms with Crippen molar-refractivity contribution in [3.05, 3.63) is 44.9 Å². The van der Waals surface area contributed by atoms with Gasteiger partial charge in [0.25, 0.3) is 5.91 Å². The highest BCUT2D eigenvalue weighted by Crippen LogP contribution is 2.20. The molecule has 0 aliphatic heterocycles. The zero-order valence-corrected chi connectivity index (χ0v) is 13.5. The Balaban J connectivity index is 2.87. The van der Waals surface area contributed by atoms with Gasteiger partial charge in [0.1, 0.15) is 6.04 Å². The minimum atomic E-state index is -0.747. The number of nitrogens with two attached hydrogens (primary N) is 1. The third kappa shape index (κ3) is 5.16. The molecule has 1 aromatic rings. The summed E-state index contributed by atoms with van der Waals surface area (Å²) in [6.07, 6.45) is 0.330. The largest absolute Gasteiger partial charge is 0.368 e. The second-order valence-electron chi connectivity index (χ2n) is 4.25. The van der Waals surface area contributed by atoms with Gasteiger partial charge in [0.2, 0.25) is 5.91 Å². The molecule has 6 heteroatoms. The summed E-state index contributed by atoms with van der Waals surface area (Å²) in [6, 6.07) is 4.40. The van der Waals surface area contributed by atoms with E-state index in [0.29, 0.717) is 12.0 Å². The van der Waals surface area contributed by atoms with E-state index in [9.17, 15) is 9.59 Å². The second kappa shape index (κ2) is 6.86. The van der Waals surface area contributed by atoms with Gasteiger partial charge in [-0.2, -0.15) is 0 Å². The Morgan fingerprint density at radius 3 is 2.26 bits per heavy atom. The minimum absolute atomic E-state index is 0.330. The van der Waals surface area contributed by atoms with Crippen LogP contribution in [0.2, 0.25) is 0 Å². The van der Waals surface area contributed by atoms with E-state index in [0.717, 1.165) is 14.5 Å². The predicted molar refractivity (Wildman–Crippen MR) is 81.7 cm³/mol. The molecule has 0 saturated heterocycles. The summed E-state index contributed by atoms with van der Waals surface area (Å²) < 4.78 is 1.53. The number of carbonyl (C=O) groups is 2. The molecule has 0 saturated carbocycles.